The van der Waals surface area contributed by atoms with E-state index >= 15 is 0 Å². The number of nitrogens with zero attached hydrogens (tertiary/aromatic N) is 4. The Morgan fingerprint density at radius 3 is 2.94 bits per heavy atom. The van der Waals surface area contributed by atoms with Crippen LogP contribution in [0.15, 0.2) is 12.4 Å². The van der Waals surface area contributed by atoms with Gasteiger partial charge < -0.3 is 5.11 Å². The highest BCUT2D eigenvalue weighted by molar-refractivity contribution is 4.88. The summed E-state index contributed by atoms with van der Waals surface area (Å²) in [4.78, 5) is 2.32. The standard InChI is InChI=1S/C11H20N4O/c1-10(2)14-6-3-4-11(16,8-14)9-15-7-5-12-13-15/h5,7,10,16H,3-4,6,8-9H2,1-2H3. The number of hydrogen-bond acceptors (Lipinski definition) is 4. The lowest BCUT2D eigenvalue weighted by Crippen LogP contribution is -2.52. The minimum atomic E-state index is -0.657. The second-order valence-corrected chi connectivity index (χ2v) is 4.99. The molecule has 1 aromatic rings. The molecule has 0 saturated carbocycles. The lowest BCUT2D eigenvalue weighted by atomic mass is 9.92. The molecule has 5 nitrogen and oxygen atoms in total. The summed E-state index contributed by atoms with van der Waals surface area (Å²) in [5.41, 5.74) is -0.657. The van der Waals surface area contributed by atoms with Crippen molar-refractivity contribution in [1.29, 1.82) is 0 Å². The van der Waals surface area contributed by atoms with Crippen LogP contribution < -0.4 is 0 Å². The molecule has 0 aliphatic carbocycles. The van der Waals surface area contributed by atoms with Crippen LogP contribution in [0.3, 0.4) is 0 Å². The van der Waals surface area contributed by atoms with Crippen LogP contribution in [0, 0.1) is 0 Å². The maximum Gasteiger partial charge on any atom is 0.0969 e. The summed E-state index contributed by atoms with van der Waals surface area (Å²) >= 11 is 0. The molecule has 16 heavy (non-hydrogen) atoms. The van der Waals surface area contributed by atoms with Crippen LogP contribution >= 0.6 is 0 Å². The predicted octanol–water partition coefficient (Wildman–Crippen LogP) is 0.513. The van der Waals surface area contributed by atoms with Gasteiger partial charge in [-0.25, -0.2) is 4.68 Å². The Bertz CT molecular complexity index is 325. The molecule has 1 saturated heterocycles. The molecular weight excluding hydrogens is 204 g/mol. The SMILES string of the molecule is CC(C)N1CCCC(O)(Cn2ccnn2)C1. The van der Waals surface area contributed by atoms with Crippen molar-refractivity contribution >= 4 is 0 Å². The lowest BCUT2D eigenvalue weighted by Gasteiger charge is -2.41. The highest BCUT2D eigenvalue weighted by Gasteiger charge is 2.34. The Morgan fingerprint density at radius 2 is 2.31 bits per heavy atom. The van der Waals surface area contributed by atoms with E-state index in [1.54, 1.807) is 17.1 Å². The zero-order valence-electron chi connectivity index (χ0n) is 10.0. The molecule has 2 rings (SSSR count). The number of β-amino-alcohol motifs (C(OH)–C–C–N with tert-alkyl or cyclic N) is 1. The molecule has 0 amide bonds. The predicted molar refractivity (Wildman–Crippen MR) is 60.9 cm³/mol. The van der Waals surface area contributed by atoms with Gasteiger partial charge in [0.15, 0.2) is 0 Å². The molecule has 90 valence electrons. The average Bonchev–Trinajstić information content (AvgIpc) is 2.69. The van der Waals surface area contributed by atoms with Crippen LogP contribution in [-0.2, 0) is 6.54 Å². The van der Waals surface area contributed by atoms with Gasteiger partial charge in [-0.05, 0) is 33.2 Å². The molecule has 1 unspecified atom stereocenters. The maximum absolute atomic E-state index is 10.5. The van der Waals surface area contributed by atoms with Crippen molar-refractivity contribution in [3.63, 3.8) is 0 Å². The Morgan fingerprint density at radius 1 is 1.50 bits per heavy atom. The van der Waals surface area contributed by atoms with E-state index in [1.165, 1.54) is 0 Å². The molecule has 0 spiro atoms. The van der Waals surface area contributed by atoms with E-state index in [-0.39, 0.29) is 0 Å². The second kappa shape index (κ2) is 4.51. The van der Waals surface area contributed by atoms with E-state index in [1.807, 2.05) is 0 Å². The Hall–Kier alpha value is -0.940. The fourth-order valence-corrected chi connectivity index (χ4v) is 2.34. The molecule has 2 heterocycles. The first-order valence-corrected chi connectivity index (χ1v) is 5.90. The Balaban J connectivity index is 2.01. The summed E-state index contributed by atoms with van der Waals surface area (Å²) in [6.45, 7) is 6.68. The van der Waals surface area contributed by atoms with Crippen molar-refractivity contribution in [2.45, 2.75) is 44.9 Å². The molecule has 0 bridgehead atoms. The van der Waals surface area contributed by atoms with Crippen molar-refractivity contribution in [3.8, 4) is 0 Å². The van der Waals surface area contributed by atoms with Crippen LogP contribution in [0.4, 0.5) is 0 Å². The third-order valence-corrected chi connectivity index (χ3v) is 3.24. The van der Waals surface area contributed by atoms with Gasteiger partial charge in [0.05, 0.1) is 18.3 Å². The third kappa shape index (κ3) is 2.59. The van der Waals surface area contributed by atoms with Gasteiger partial charge in [0, 0.05) is 18.8 Å². The summed E-state index contributed by atoms with van der Waals surface area (Å²) in [6.07, 6.45) is 5.33. The first-order chi connectivity index (χ1) is 7.59. The third-order valence-electron chi connectivity index (χ3n) is 3.24. The van der Waals surface area contributed by atoms with E-state index in [0.29, 0.717) is 12.6 Å². The number of rotatable bonds is 3. The molecule has 0 aromatic carbocycles. The van der Waals surface area contributed by atoms with Crippen molar-refractivity contribution in [1.82, 2.24) is 19.9 Å². The highest BCUT2D eigenvalue weighted by atomic mass is 16.3. The van der Waals surface area contributed by atoms with Gasteiger partial charge in [-0.1, -0.05) is 5.21 Å². The van der Waals surface area contributed by atoms with Crippen LogP contribution in [0.5, 0.6) is 0 Å². The van der Waals surface area contributed by atoms with Crippen molar-refractivity contribution < 1.29 is 5.11 Å². The lowest BCUT2D eigenvalue weighted by molar-refractivity contribution is -0.0535. The van der Waals surface area contributed by atoms with Crippen LogP contribution in [0.1, 0.15) is 26.7 Å². The summed E-state index contributed by atoms with van der Waals surface area (Å²) in [5.74, 6) is 0. The van der Waals surface area contributed by atoms with E-state index < -0.39 is 5.60 Å². The molecule has 1 aliphatic heterocycles. The highest BCUT2D eigenvalue weighted by Crippen LogP contribution is 2.23. The topological polar surface area (TPSA) is 54.2 Å². The molecule has 1 fully saturated rings. The summed E-state index contributed by atoms with van der Waals surface area (Å²) in [5, 5.41) is 18.2. The first kappa shape index (κ1) is 11.5. The quantitative estimate of drug-likeness (QED) is 0.813. The van der Waals surface area contributed by atoms with Gasteiger partial charge in [0.1, 0.15) is 0 Å². The van der Waals surface area contributed by atoms with E-state index in [0.717, 1.165) is 25.9 Å². The van der Waals surface area contributed by atoms with E-state index in [9.17, 15) is 5.11 Å². The van der Waals surface area contributed by atoms with E-state index in [4.69, 9.17) is 0 Å². The van der Waals surface area contributed by atoms with Gasteiger partial charge >= 0.3 is 0 Å². The second-order valence-electron chi connectivity index (χ2n) is 4.99. The van der Waals surface area contributed by atoms with Crippen LogP contribution in [-0.4, -0.2) is 49.7 Å². The van der Waals surface area contributed by atoms with Crippen molar-refractivity contribution in [2.75, 3.05) is 13.1 Å². The number of hydrogen-bond donors (Lipinski definition) is 1. The first-order valence-electron chi connectivity index (χ1n) is 5.90. The monoisotopic (exact) mass is 224 g/mol. The van der Waals surface area contributed by atoms with Gasteiger partial charge in [-0.2, -0.15) is 0 Å². The smallest absolute Gasteiger partial charge is 0.0969 e. The van der Waals surface area contributed by atoms with Gasteiger partial charge in [-0.3, -0.25) is 4.90 Å². The minimum absolute atomic E-state index is 0.488. The molecule has 1 aromatic heterocycles. The van der Waals surface area contributed by atoms with Crippen molar-refractivity contribution in [2.24, 2.45) is 0 Å². The zero-order chi connectivity index (χ0) is 11.6. The Kier molecular flexibility index (Phi) is 3.25. The largest absolute Gasteiger partial charge is 0.387 e. The number of aliphatic hydroxyl groups is 1. The fraction of sp³-hybridized carbons (Fsp3) is 0.818. The van der Waals surface area contributed by atoms with Crippen LogP contribution in [0.25, 0.3) is 0 Å². The zero-order valence-corrected chi connectivity index (χ0v) is 10.0. The van der Waals surface area contributed by atoms with E-state index in [2.05, 4.69) is 29.1 Å². The average molecular weight is 224 g/mol. The molecule has 1 aliphatic rings. The normalized spacial score (nSPS) is 27.5. The number of aromatic nitrogens is 3. The summed E-state index contributed by atoms with van der Waals surface area (Å²) in [6, 6.07) is 0.488. The summed E-state index contributed by atoms with van der Waals surface area (Å²) in [7, 11) is 0. The maximum atomic E-state index is 10.5. The molecule has 1 N–H and O–H groups in total. The van der Waals surface area contributed by atoms with Gasteiger partial charge in [0.25, 0.3) is 0 Å². The number of likely N-dealkylation sites (tertiary alicyclic amines) is 1. The minimum Gasteiger partial charge on any atom is -0.387 e. The molecule has 5 heteroatoms. The van der Waals surface area contributed by atoms with Gasteiger partial charge in [-0.15, -0.1) is 5.10 Å². The molecule has 0 radical (unpaired) electrons. The Labute approximate surface area is 96.1 Å². The molecule has 1 atom stereocenters. The van der Waals surface area contributed by atoms with Crippen molar-refractivity contribution in [3.05, 3.63) is 12.4 Å². The fourth-order valence-electron chi connectivity index (χ4n) is 2.34. The van der Waals surface area contributed by atoms with Gasteiger partial charge in [0.2, 0.25) is 0 Å². The molecular formula is C11H20N4O. The van der Waals surface area contributed by atoms with Crippen LogP contribution in [0.2, 0.25) is 0 Å². The summed E-state index contributed by atoms with van der Waals surface area (Å²) < 4.78 is 1.71. The number of piperidine rings is 1.